The average molecular weight is 328 g/mol. The topological polar surface area (TPSA) is 40.8 Å². The summed E-state index contributed by atoms with van der Waals surface area (Å²) in [5, 5.41) is 10.7. The van der Waals surface area contributed by atoms with Crippen LogP contribution in [0.15, 0.2) is 18.5 Å². The van der Waals surface area contributed by atoms with Crippen molar-refractivity contribution in [2.24, 2.45) is 5.41 Å². The first kappa shape index (κ1) is 15.1. The largest absolute Gasteiger partial charge is 0.396 e. The van der Waals surface area contributed by atoms with Crippen molar-refractivity contribution in [3.63, 3.8) is 0 Å². The molecule has 3 rings (SSSR count). The molecule has 1 aliphatic heterocycles. The molecule has 114 valence electrons. The Balaban J connectivity index is 1.80. The molecule has 1 N–H and O–H groups in total. The van der Waals surface area contributed by atoms with E-state index in [1.807, 2.05) is 16.8 Å². The van der Waals surface area contributed by atoms with Crippen LogP contribution in [0, 0.1) is 5.41 Å². The molecule has 0 saturated carbocycles. The third-order valence-electron chi connectivity index (χ3n) is 4.15. The second-order valence-corrected chi connectivity index (χ2v) is 7.10. The highest BCUT2D eigenvalue weighted by Gasteiger charge is 2.30. The van der Waals surface area contributed by atoms with Gasteiger partial charge in [0.15, 0.2) is 5.65 Å². The number of piperidine rings is 1. The van der Waals surface area contributed by atoms with E-state index in [0.29, 0.717) is 10.0 Å². The first-order chi connectivity index (χ1) is 9.99. The molecule has 2 aromatic heterocycles. The minimum absolute atomic E-state index is 0.00163. The lowest BCUT2D eigenvalue weighted by Crippen LogP contribution is -2.43. The summed E-state index contributed by atoms with van der Waals surface area (Å²) >= 11 is 12.2. The molecule has 0 radical (unpaired) electrons. The molecular weight excluding hydrogens is 309 g/mol. The lowest BCUT2D eigenvalue weighted by atomic mass is 9.83. The SMILES string of the molecule is CC1(CO)CCCN(Cc2cn3cc(Cl)cc(Cl)c3n2)C1. The van der Waals surface area contributed by atoms with Gasteiger partial charge in [-0.1, -0.05) is 30.1 Å². The molecule has 0 spiro atoms. The number of imidazole rings is 1. The molecule has 1 aliphatic rings. The van der Waals surface area contributed by atoms with Gasteiger partial charge in [-0.25, -0.2) is 4.98 Å². The van der Waals surface area contributed by atoms with Crippen LogP contribution in [0.5, 0.6) is 0 Å². The van der Waals surface area contributed by atoms with Gasteiger partial charge in [0.1, 0.15) is 0 Å². The predicted molar refractivity (Wildman–Crippen MR) is 84.9 cm³/mol. The van der Waals surface area contributed by atoms with Gasteiger partial charge >= 0.3 is 0 Å². The van der Waals surface area contributed by atoms with Crippen LogP contribution in [-0.2, 0) is 6.54 Å². The Morgan fingerprint density at radius 2 is 2.19 bits per heavy atom. The minimum atomic E-state index is -0.00163. The molecule has 1 atom stereocenters. The number of aromatic nitrogens is 2. The van der Waals surface area contributed by atoms with Crippen LogP contribution in [0.25, 0.3) is 5.65 Å². The Labute approximate surface area is 134 Å². The number of nitrogens with zero attached hydrogens (tertiary/aromatic N) is 3. The van der Waals surface area contributed by atoms with Gasteiger partial charge in [0.05, 0.1) is 15.7 Å². The van der Waals surface area contributed by atoms with Gasteiger partial charge < -0.3 is 9.51 Å². The zero-order chi connectivity index (χ0) is 15.0. The minimum Gasteiger partial charge on any atom is -0.396 e. The summed E-state index contributed by atoms with van der Waals surface area (Å²) in [6.07, 6.45) is 5.97. The van der Waals surface area contributed by atoms with Crippen molar-refractivity contribution in [1.82, 2.24) is 14.3 Å². The van der Waals surface area contributed by atoms with Gasteiger partial charge in [0.25, 0.3) is 0 Å². The van der Waals surface area contributed by atoms with E-state index in [-0.39, 0.29) is 12.0 Å². The summed E-state index contributed by atoms with van der Waals surface area (Å²) in [7, 11) is 0. The lowest BCUT2D eigenvalue weighted by molar-refractivity contribution is 0.0424. The first-order valence-corrected chi connectivity index (χ1v) is 7.90. The van der Waals surface area contributed by atoms with Gasteiger partial charge in [-0.3, -0.25) is 4.90 Å². The maximum atomic E-state index is 9.54. The van der Waals surface area contributed by atoms with E-state index in [0.717, 1.165) is 43.8 Å². The van der Waals surface area contributed by atoms with Crippen molar-refractivity contribution < 1.29 is 5.11 Å². The number of hydrogen-bond donors (Lipinski definition) is 1. The van der Waals surface area contributed by atoms with E-state index < -0.39 is 0 Å². The summed E-state index contributed by atoms with van der Waals surface area (Å²) in [5.41, 5.74) is 1.71. The molecule has 21 heavy (non-hydrogen) atoms. The van der Waals surface area contributed by atoms with Crippen LogP contribution < -0.4 is 0 Å². The highest BCUT2D eigenvalue weighted by molar-refractivity contribution is 6.36. The second-order valence-electron chi connectivity index (χ2n) is 6.25. The van der Waals surface area contributed by atoms with E-state index in [9.17, 15) is 5.11 Å². The molecule has 0 aromatic carbocycles. The van der Waals surface area contributed by atoms with Gasteiger partial charge in [-0.15, -0.1) is 0 Å². The van der Waals surface area contributed by atoms with Gasteiger partial charge in [-0.05, 0) is 25.5 Å². The molecule has 3 heterocycles. The van der Waals surface area contributed by atoms with E-state index in [1.165, 1.54) is 0 Å². The summed E-state index contributed by atoms with van der Waals surface area (Å²) < 4.78 is 1.87. The Morgan fingerprint density at radius 1 is 1.38 bits per heavy atom. The molecule has 0 amide bonds. The van der Waals surface area contributed by atoms with Crippen LogP contribution in [0.3, 0.4) is 0 Å². The molecule has 6 heteroatoms. The molecule has 1 fully saturated rings. The van der Waals surface area contributed by atoms with E-state index in [4.69, 9.17) is 23.2 Å². The highest BCUT2D eigenvalue weighted by Crippen LogP contribution is 2.30. The molecule has 1 unspecified atom stereocenters. The predicted octanol–water partition coefficient (Wildman–Crippen LogP) is 3.24. The summed E-state index contributed by atoms with van der Waals surface area (Å²) in [4.78, 5) is 6.93. The molecule has 1 saturated heterocycles. The maximum Gasteiger partial charge on any atom is 0.156 e. The Kier molecular flexibility index (Phi) is 4.14. The number of halogens is 2. The fraction of sp³-hybridized carbons (Fsp3) is 0.533. The van der Waals surface area contributed by atoms with E-state index >= 15 is 0 Å². The van der Waals surface area contributed by atoms with E-state index in [1.54, 1.807) is 6.07 Å². The highest BCUT2D eigenvalue weighted by atomic mass is 35.5. The van der Waals surface area contributed by atoms with Gasteiger partial charge in [0, 0.05) is 37.5 Å². The average Bonchev–Trinajstić information content (AvgIpc) is 2.81. The zero-order valence-electron chi connectivity index (χ0n) is 12.0. The van der Waals surface area contributed by atoms with Gasteiger partial charge in [-0.2, -0.15) is 0 Å². The van der Waals surface area contributed by atoms with Crippen LogP contribution in [-0.4, -0.2) is 39.1 Å². The smallest absolute Gasteiger partial charge is 0.156 e. The van der Waals surface area contributed by atoms with Crippen LogP contribution in [0.2, 0.25) is 10.0 Å². The number of aliphatic hydroxyl groups is 1. The van der Waals surface area contributed by atoms with Gasteiger partial charge in [0.2, 0.25) is 0 Å². The van der Waals surface area contributed by atoms with Crippen LogP contribution in [0.4, 0.5) is 0 Å². The summed E-state index contributed by atoms with van der Waals surface area (Å²) in [6.45, 7) is 5.07. The standard InChI is InChI=1S/C15H19Cl2N3O/c1-15(10-21)3-2-4-19(9-15)7-12-8-20-6-11(16)5-13(17)14(20)18-12/h5-6,8,21H,2-4,7,9-10H2,1H3. The monoisotopic (exact) mass is 327 g/mol. The summed E-state index contributed by atoms with van der Waals surface area (Å²) in [6, 6.07) is 1.71. The fourth-order valence-corrected chi connectivity index (χ4v) is 3.60. The summed E-state index contributed by atoms with van der Waals surface area (Å²) in [5.74, 6) is 0. The van der Waals surface area contributed by atoms with Crippen molar-refractivity contribution >= 4 is 28.8 Å². The third-order valence-corrected chi connectivity index (χ3v) is 4.63. The Bertz CT molecular complexity index is 658. The van der Waals surface area contributed by atoms with Crippen molar-refractivity contribution in [3.8, 4) is 0 Å². The number of fused-ring (bicyclic) bond motifs is 1. The lowest BCUT2D eigenvalue weighted by Gasteiger charge is -2.39. The van der Waals surface area contributed by atoms with Crippen LogP contribution in [0.1, 0.15) is 25.5 Å². The Hall–Kier alpha value is -0.810. The number of rotatable bonds is 3. The van der Waals surface area contributed by atoms with Crippen LogP contribution >= 0.6 is 23.2 Å². The third kappa shape index (κ3) is 3.19. The van der Waals surface area contributed by atoms with Crippen molar-refractivity contribution in [2.45, 2.75) is 26.3 Å². The molecule has 2 aromatic rings. The van der Waals surface area contributed by atoms with Crippen molar-refractivity contribution in [2.75, 3.05) is 19.7 Å². The molecular formula is C15H19Cl2N3O. The number of likely N-dealkylation sites (tertiary alicyclic amines) is 1. The number of aliphatic hydroxyl groups excluding tert-OH is 1. The van der Waals surface area contributed by atoms with E-state index in [2.05, 4.69) is 16.8 Å². The van der Waals surface area contributed by atoms with Crippen molar-refractivity contribution in [3.05, 3.63) is 34.2 Å². The molecule has 0 bridgehead atoms. The first-order valence-electron chi connectivity index (χ1n) is 7.15. The number of hydrogen-bond acceptors (Lipinski definition) is 3. The maximum absolute atomic E-state index is 9.54. The quantitative estimate of drug-likeness (QED) is 0.940. The molecule has 0 aliphatic carbocycles. The fourth-order valence-electron chi connectivity index (χ4n) is 3.07. The van der Waals surface area contributed by atoms with Crippen molar-refractivity contribution in [1.29, 1.82) is 0 Å². The zero-order valence-corrected chi connectivity index (χ0v) is 13.5. The Morgan fingerprint density at radius 3 is 2.95 bits per heavy atom. The molecule has 4 nitrogen and oxygen atoms in total. The number of pyridine rings is 1. The normalized spacial score (nSPS) is 23.8. The second kappa shape index (κ2) is 5.76.